The van der Waals surface area contributed by atoms with Crippen LogP contribution in [0.25, 0.3) is 6.08 Å². The van der Waals surface area contributed by atoms with Crippen molar-refractivity contribution in [3.8, 4) is 17.2 Å². The minimum absolute atomic E-state index is 0.103. The molecule has 160 valence electrons. The molecule has 2 rings (SSSR count). The summed E-state index contributed by atoms with van der Waals surface area (Å²) in [5.41, 5.74) is 6.31. The van der Waals surface area contributed by atoms with Crippen molar-refractivity contribution in [3.05, 3.63) is 59.7 Å². The van der Waals surface area contributed by atoms with Crippen molar-refractivity contribution < 1.29 is 39.9 Å². The number of hydrogen-bond acceptors (Lipinski definition) is 7. The Balaban J connectivity index is 0.000000311. The highest BCUT2D eigenvalue weighted by molar-refractivity contribution is 5.85. The molecule has 2 aromatic carbocycles. The Labute approximate surface area is 171 Å². The van der Waals surface area contributed by atoms with Gasteiger partial charge in [-0.05, 0) is 41.5 Å². The van der Waals surface area contributed by atoms with Crippen LogP contribution in [-0.2, 0) is 20.8 Å². The van der Waals surface area contributed by atoms with Gasteiger partial charge in [-0.3, -0.25) is 4.79 Å². The van der Waals surface area contributed by atoms with Crippen LogP contribution in [0.2, 0.25) is 0 Å². The van der Waals surface area contributed by atoms with Crippen molar-refractivity contribution in [3.63, 3.8) is 0 Å². The van der Waals surface area contributed by atoms with Crippen LogP contribution in [0.1, 0.15) is 11.1 Å². The largest absolute Gasteiger partial charge is 0.508 e. The molecule has 30 heavy (non-hydrogen) atoms. The number of nitrogens with one attached hydrogen (secondary N) is 1. The molecule has 0 unspecified atom stereocenters. The fourth-order valence-corrected chi connectivity index (χ4v) is 2.13. The first kappa shape index (κ1) is 24.0. The van der Waals surface area contributed by atoms with E-state index in [1.807, 2.05) is 0 Å². The second-order valence-electron chi connectivity index (χ2n) is 5.95. The zero-order valence-corrected chi connectivity index (χ0v) is 15.7. The number of nitrogens with two attached hydrogens (primary N) is 1. The van der Waals surface area contributed by atoms with Crippen LogP contribution in [-0.4, -0.2) is 56.0 Å². The van der Waals surface area contributed by atoms with Gasteiger partial charge in [-0.2, -0.15) is 0 Å². The molecule has 0 saturated carbocycles. The maximum atomic E-state index is 11.0. The quantitative estimate of drug-likeness (QED) is 0.250. The molecular formula is C20H22N2O8. The number of hydrogen-bond donors (Lipinski definition) is 7. The molecule has 0 radical (unpaired) electrons. The summed E-state index contributed by atoms with van der Waals surface area (Å²) in [7, 11) is 0. The third kappa shape index (κ3) is 8.76. The molecule has 0 aliphatic heterocycles. The third-order valence-corrected chi connectivity index (χ3v) is 3.61. The van der Waals surface area contributed by atoms with Crippen molar-refractivity contribution in [1.29, 1.82) is 0 Å². The van der Waals surface area contributed by atoms with Gasteiger partial charge in [0.2, 0.25) is 5.91 Å². The Kier molecular flexibility index (Phi) is 9.37. The summed E-state index contributed by atoms with van der Waals surface area (Å²) >= 11 is 0. The SMILES string of the molecule is NCC(=O)N[C@@H](Cc1ccc(O)cc1)C(=O)O.O=C(O)C=Cc1ccc(O)c(O)c1. The predicted octanol–water partition coefficient (Wildman–Crippen LogP) is 0.658. The molecule has 8 N–H and O–H groups in total. The van der Waals surface area contributed by atoms with Crippen LogP contribution in [0.5, 0.6) is 17.2 Å². The minimum Gasteiger partial charge on any atom is -0.508 e. The Morgan fingerprint density at radius 1 is 0.967 bits per heavy atom. The van der Waals surface area contributed by atoms with E-state index in [-0.39, 0.29) is 30.2 Å². The Morgan fingerprint density at radius 3 is 2.10 bits per heavy atom. The molecule has 0 heterocycles. The zero-order valence-electron chi connectivity index (χ0n) is 15.7. The second kappa shape index (κ2) is 11.7. The van der Waals surface area contributed by atoms with Crippen LogP contribution in [0, 0.1) is 0 Å². The van der Waals surface area contributed by atoms with E-state index in [4.69, 9.17) is 31.3 Å². The van der Waals surface area contributed by atoms with Gasteiger partial charge in [0.05, 0.1) is 6.54 Å². The summed E-state index contributed by atoms with van der Waals surface area (Å²) < 4.78 is 0. The maximum Gasteiger partial charge on any atom is 0.328 e. The van der Waals surface area contributed by atoms with Gasteiger partial charge in [0, 0.05) is 12.5 Å². The molecule has 2 aromatic rings. The topological polar surface area (TPSA) is 190 Å². The number of phenols is 3. The lowest BCUT2D eigenvalue weighted by molar-refractivity contribution is -0.141. The van der Waals surface area contributed by atoms with Crippen LogP contribution in [0.3, 0.4) is 0 Å². The van der Waals surface area contributed by atoms with E-state index in [1.54, 1.807) is 12.1 Å². The first-order valence-corrected chi connectivity index (χ1v) is 8.55. The molecule has 10 heteroatoms. The number of carboxylic acid groups (broad SMARTS) is 2. The maximum absolute atomic E-state index is 11.0. The molecule has 0 bridgehead atoms. The van der Waals surface area contributed by atoms with Crippen molar-refractivity contribution >= 4 is 23.9 Å². The van der Waals surface area contributed by atoms with Gasteiger partial charge in [-0.1, -0.05) is 18.2 Å². The molecule has 0 spiro atoms. The number of amides is 1. The standard InChI is InChI=1S/C11H14N2O4.C9H8O4/c12-6-10(15)13-9(11(16)17)5-7-1-3-8(14)4-2-7;10-7-3-1-6(5-8(7)11)2-4-9(12)13/h1-4,9,14H,5-6,12H2,(H,13,15)(H,16,17);1-5,10-11H,(H,12,13)/t9-;/m0./s1. The Hall–Kier alpha value is -4.05. The summed E-state index contributed by atoms with van der Waals surface area (Å²) in [6.45, 7) is -0.251. The summed E-state index contributed by atoms with van der Waals surface area (Å²) in [5, 5.41) is 46.6. The van der Waals surface area contributed by atoms with Gasteiger partial charge in [-0.15, -0.1) is 0 Å². The monoisotopic (exact) mass is 418 g/mol. The number of carbonyl (C=O) groups is 3. The lowest BCUT2D eigenvalue weighted by atomic mass is 10.1. The predicted molar refractivity (Wildman–Crippen MR) is 107 cm³/mol. The van der Waals surface area contributed by atoms with E-state index in [0.717, 1.165) is 6.08 Å². The van der Waals surface area contributed by atoms with E-state index < -0.39 is 23.9 Å². The fourth-order valence-electron chi connectivity index (χ4n) is 2.13. The van der Waals surface area contributed by atoms with E-state index in [9.17, 15) is 14.4 Å². The van der Waals surface area contributed by atoms with E-state index in [0.29, 0.717) is 11.1 Å². The van der Waals surface area contributed by atoms with E-state index in [2.05, 4.69) is 5.32 Å². The highest BCUT2D eigenvalue weighted by Crippen LogP contribution is 2.25. The molecule has 0 aliphatic rings. The molecule has 0 saturated heterocycles. The molecule has 0 fully saturated rings. The molecule has 10 nitrogen and oxygen atoms in total. The van der Waals surface area contributed by atoms with Crippen LogP contribution in [0.15, 0.2) is 48.5 Å². The van der Waals surface area contributed by atoms with Crippen LogP contribution in [0.4, 0.5) is 0 Å². The van der Waals surface area contributed by atoms with E-state index in [1.165, 1.54) is 36.4 Å². The molecule has 1 amide bonds. The normalized spacial score (nSPS) is 11.2. The Morgan fingerprint density at radius 2 is 1.60 bits per heavy atom. The molecule has 1 atom stereocenters. The summed E-state index contributed by atoms with van der Waals surface area (Å²) in [6.07, 6.45) is 2.41. The number of carboxylic acids is 2. The Bertz CT molecular complexity index is 910. The van der Waals surface area contributed by atoms with Crippen LogP contribution < -0.4 is 11.1 Å². The number of aromatic hydroxyl groups is 3. The second-order valence-corrected chi connectivity index (χ2v) is 5.95. The van der Waals surface area contributed by atoms with Gasteiger partial charge < -0.3 is 36.6 Å². The number of benzene rings is 2. The lowest BCUT2D eigenvalue weighted by Gasteiger charge is -2.13. The summed E-state index contributed by atoms with van der Waals surface area (Å²) in [4.78, 5) is 32.1. The van der Waals surface area contributed by atoms with E-state index >= 15 is 0 Å². The molecule has 0 aliphatic carbocycles. The third-order valence-electron chi connectivity index (χ3n) is 3.61. The van der Waals surface area contributed by atoms with Crippen LogP contribution >= 0.6 is 0 Å². The van der Waals surface area contributed by atoms with Gasteiger partial charge in [-0.25, -0.2) is 9.59 Å². The molecular weight excluding hydrogens is 396 g/mol. The lowest BCUT2D eigenvalue weighted by Crippen LogP contribution is -2.44. The number of carbonyl (C=O) groups excluding carboxylic acids is 1. The fraction of sp³-hybridized carbons (Fsp3) is 0.150. The van der Waals surface area contributed by atoms with Crippen molar-refractivity contribution in [2.45, 2.75) is 12.5 Å². The average molecular weight is 418 g/mol. The average Bonchev–Trinajstić information content (AvgIpc) is 2.70. The van der Waals surface area contributed by atoms with Gasteiger partial charge in [0.15, 0.2) is 11.5 Å². The summed E-state index contributed by atoms with van der Waals surface area (Å²) in [6, 6.07) is 9.15. The highest BCUT2D eigenvalue weighted by Gasteiger charge is 2.19. The zero-order chi connectivity index (χ0) is 22.7. The smallest absolute Gasteiger partial charge is 0.328 e. The van der Waals surface area contributed by atoms with Gasteiger partial charge >= 0.3 is 11.9 Å². The van der Waals surface area contributed by atoms with Gasteiger partial charge in [0.1, 0.15) is 11.8 Å². The number of rotatable bonds is 7. The van der Waals surface area contributed by atoms with Crippen molar-refractivity contribution in [2.24, 2.45) is 5.73 Å². The molecule has 0 aromatic heterocycles. The minimum atomic E-state index is -1.13. The number of aliphatic carboxylic acids is 2. The summed E-state index contributed by atoms with van der Waals surface area (Å²) in [5.74, 6) is -3.10. The van der Waals surface area contributed by atoms with Crippen molar-refractivity contribution in [1.82, 2.24) is 5.32 Å². The first-order chi connectivity index (χ1) is 14.1. The van der Waals surface area contributed by atoms with Gasteiger partial charge in [0.25, 0.3) is 0 Å². The highest BCUT2D eigenvalue weighted by atomic mass is 16.4. The van der Waals surface area contributed by atoms with Crippen molar-refractivity contribution in [2.75, 3.05) is 6.54 Å². The first-order valence-electron chi connectivity index (χ1n) is 8.55. The number of phenolic OH excluding ortho intramolecular Hbond substituents is 3.